The Hall–Kier alpha value is -2.37. The first-order valence-corrected chi connectivity index (χ1v) is 5.80. The first-order valence-electron chi connectivity index (χ1n) is 5.80. The van der Waals surface area contributed by atoms with Crippen LogP contribution in [0.3, 0.4) is 0 Å². The number of hydrogen-bond acceptors (Lipinski definition) is 5. The lowest BCUT2D eigenvalue weighted by Crippen LogP contribution is -2.27. The van der Waals surface area contributed by atoms with Crippen LogP contribution < -0.4 is 4.74 Å². The molecule has 0 saturated heterocycles. The summed E-state index contributed by atoms with van der Waals surface area (Å²) in [5.41, 5.74) is 0.836. The molecule has 1 heterocycles. The van der Waals surface area contributed by atoms with Gasteiger partial charge in [0.15, 0.2) is 6.61 Å². The van der Waals surface area contributed by atoms with E-state index in [4.69, 9.17) is 9.26 Å². The van der Waals surface area contributed by atoms with Crippen molar-refractivity contribution in [3.05, 3.63) is 30.2 Å². The van der Waals surface area contributed by atoms with E-state index in [1.165, 1.54) is 4.90 Å². The zero-order valence-corrected chi connectivity index (χ0v) is 11.1. The monoisotopic (exact) mass is 261 g/mol. The zero-order chi connectivity index (χ0) is 13.8. The number of amides is 1. The average Bonchev–Trinajstić information content (AvgIpc) is 2.83. The first-order chi connectivity index (χ1) is 9.06. The van der Waals surface area contributed by atoms with Gasteiger partial charge in [0, 0.05) is 26.6 Å². The summed E-state index contributed by atoms with van der Waals surface area (Å²) < 4.78 is 10.3. The van der Waals surface area contributed by atoms with Crippen molar-refractivity contribution in [3.63, 3.8) is 0 Å². The second-order valence-electron chi connectivity index (χ2n) is 4.24. The molecule has 0 radical (unpaired) electrons. The lowest BCUT2D eigenvalue weighted by molar-refractivity contribution is -0.130. The Morgan fingerprint density at radius 2 is 2.00 bits per heavy atom. The highest BCUT2D eigenvalue weighted by atomic mass is 16.5. The Kier molecular flexibility index (Phi) is 3.79. The summed E-state index contributed by atoms with van der Waals surface area (Å²) in [7, 11) is 3.38. The van der Waals surface area contributed by atoms with Crippen molar-refractivity contribution >= 4 is 5.91 Å². The normalized spacial score (nSPS) is 10.3. The van der Waals surface area contributed by atoms with Gasteiger partial charge in [0.1, 0.15) is 5.75 Å². The number of carbonyl (C=O) groups is 1. The maximum atomic E-state index is 11.4. The number of nitrogens with zero attached hydrogens (tertiary/aromatic N) is 3. The van der Waals surface area contributed by atoms with Crippen LogP contribution >= 0.6 is 0 Å². The van der Waals surface area contributed by atoms with E-state index in [2.05, 4.69) is 10.1 Å². The fourth-order valence-electron chi connectivity index (χ4n) is 1.39. The summed E-state index contributed by atoms with van der Waals surface area (Å²) in [5.74, 6) is 1.59. The summed E-state index contributed by atoms with van der Waals surface area (Å²) >= 11 is 0. The number of likely N-dealkylation sites (N-methyl/N-ethyl adjacent to an activating group) is 1. The lowest BCUT2D eigenvalue weighted by atomic mass is 10.2. The van der Waals surface area contributed by atoms with Gasteiger partial charge in [0.05, 0.1) is 0 Å². The van der Waals surface area contributed by atoms with Gasteiger partial charge in [-0.15, -0.1) is 0 Å². The van der Waals surface area contributed by atoms with Gasteiger partial charge < -0.3 is 14.2 Å². The van der Waals surface area contributed by atoms with Crippen LogP contribution in [0, 0.1) is 6.92 Å². The molecule has 0 atom stereocenters. The molecule has 0 spiro atoms. The number of ether oxygens (including phenoxy) is 1. The number of rotatable bonds is 4. The maximum absolute atomic E-state index is 11.4. The predicted molar refractivity (Wildman–Crippen MR) is 68.7 cm³/mol. The number of carbonyl (C=O) groups excluding carboxylic acids is 1. The molecule has 1 aromatic carbocycles. The van der Waals surface area contributed by atoms with Crippen LogP contribution in [0.5, 0.6) is 5.75 Å². The molecule has 0 unspecified atom stereocenters. The fourth-order valence-corrected chi connectivity index (χ4v) is 1.39. The van der Waals surface area contributed by atoms with E-state index < -0.39 is 0 Å². The molecule has 2 rings (SSSR count). The molecular weight excluding hydrogens is 246 g/mol. The average molecular weight is 261 g/mol. The maximum Gasteiger partial charge on any atom is 0.259 e. The lowest BCUT2D eigenvalue weighted by Gasteiger charge is -2.11. The molecule has 0 N–H and O–H groups in total. The Balaban J connectivity index is 2.01. The smallest absolute Gasteiger partial charge is 0.259 e. The number of hydrogen-bond donors (Lipinski definition) is 0. The summed E-state index contributed by atoms with van der Waals surface area (Å²) in [6.45, 7) is 1.76. The highest BCUT2D eigenvalue weighted by Crippen LogP contribution is 2.19. The Labute approximate surface area is 111 Å². The Morgan fingerprint density at radius 1 is 1.32 bits per heavy atom. The molecule has 1 amide bonds. The van der Waals surface area contributed by atoms with Crippen molar-refractivity contribution in [1.82, 2.24) is 15.0 Å². The minimum Gasteiger partial charge on any atom is -0.484 e. The van der Waals surface area contributed by atoms with Gasteiger partial charge in [-0.25, -0.2) is 0 Å². The minimum absolute atomic E-state index is 0.0215. The van der Waals surface area contributed by atoms with Crippen molar-refractivity contribution in [1.29, 1.82) is 0 Å². The summed E-state index contributed by atoms with van der Waals surface area (Å²) in [5, 5.41) is 3.83. The number of aromatic nitrogens is 2. The van der Waals surface area contributed by atoms with E-state index in [0.29, 0.717) is 17.5 Å². The highest BCUT2D eigenvalue weighted by Gasteiger charge is 2.07. The molecule has 2 aromatic rings. The largest absolute Gasteiger partial charge is 0.484 e. The quantitative estimate of drug-likeness (QED) is 0.834. The second kappa shape index (κ2) is 5.51. The van der Waals surface area contributed by atoms with Crippen LogP contribution in [-0.2, 0) is 4.79 Å². The van der Waals surface area contributed by atoms with Crippen LogP contribution in [0.25, 0.3) is 11.4 Å². The van der Waals surface area contributed by atoms with E-state index in [0.717, 1.165) is 5.56 Å². The van der Waals surface area contributed by atoms with Crippen molar-refractivity contribution < 1.29 is 14.1 Å². The van der Waals surface area contributed by atoms with E-state index in [1.807, 2.05) is 12.1 Å². The van der Waals surface area contributed by atoms with Crippen LogP contribution in [0.15, 0.2) is 28.8 Å². The molecular formula is C13H15N3O3. The number of aryl methyl sites for hydroxylation is 1. The molecule has 6 heteroatoms. The summed E-state index contributed by atoms with van der Waals surface area (Å²) in [6, 6.07) is 7.17. The van der Waals surface area contributed by atoms with Gasteiger partial charge in [-0.3, -0.25) is 4.79 Å². The van der Waals surface area contributed by atoms with Crippen molar-refractivity contribution in [3.8, 4) is 17.1 Å². The molecule has 0 aliphatic rings. The molecule has 19 heavy (non-hydrogen) atoms. The second-order valence-corrected chi connectivity index (χ2v) is 4.24. The van der Waals surface area contributed by atoms with E-state index in [1.54, 1.807) is 33.2 Å². The third-order valence-electron chi connectivity index (χ3n) is 2.50. The van der Waals surface area contributed by atoms with Crippen molar-refractivity contribution in [2.45, 2.75) is 6.92 Å². The molecule has 0 bridgehead atoms. The van der Waals surface area contributed by atoms with Gasteiger partial charge in [-0.1, -0.05) is 5.16 Å². The summed E-state index contributed by atoms with van der Waals surface area (Å²) in [6.07, 6.45) is 0. The molecule has 1 aromatic heterocycles. The number of benzene rings is 1. The third kappa shape index (κ3) is 3.31. The standard InChI is InChI=1S/C13H15N3O3/c1-9-14-13(15-19-9)10-4-6-11(7-5-10)18-8-12(17)16(2)3/h4-7H,8H2,1-3H3. The Bertz CT molecular complexity index is 561. The SMILES string of the molecule is Cc1nc(-c2ccc(OCC(=O)N(C)C)cc2)no1. The molecule has 0 aliphatic carbocycles. The van der Waals surface area contributed by atoms with Crippen LogP contribution in [0.1, 0.15) is 5.89 Å². The van der Waals surface area contributed by atoms with Crippen molar-refractivity contribution in [2.75, 3.05) is 20.7 Å². The van der Waals surface area contributed by atoms with Crippen molar-refractivity contribution in [2.24, 2.45) is 0 Å². The van der Waals surface area contributed by atoms with Gasteiger partial charge in [-0.05, 0) is 24.3 Å². The van der Waals surface area contributed by atoms with Crippen LogP contribution in [0.2, 0.25) is 0 Å². The zero-order valence-electron chi connectivity index (χ0n) is 11.1. The van der Waals surface area contributed by atoms with Crippen LogP contribution in [-0.4, -0.2) is 41.6 Å². The highest BCUT2D eigenvalue weighted by molar-refractivity contribution is 5.77. The molecule has 100 valence electrons. The molecule has 0 saturated carbocycles. The molecule has 6 nitrogen and oxygen atoms in total. The predicted octanol–water partition coefficient (Wildman–Crippen LogP) is 1.51. The first kappa shape index (κ1) is 13.1. The minimum atomic E-state index is -0.0853. The topological polar surface area (TPSA) is 68.5 Å². The van der Waals surface area contributed by atoms with E-state index in [-0.39, 0.29) is 12.5 Å². The summed E-state index contributed by atoms with van der Waals surface area (Å²) in [4.78, 5) is 17.0. The van der Waals surface area contributed by atoms with Gasteiger partial charge >= 0.3 is 0 Å². The fraction of sp³-hybridized carbons (Fsp3) is 0.308. The van der Waals surface area contributed by atoms with Gasteiger partial charge in [0.25, 0.3) is 5.91 Å². The van der Waals surface area contributed by atoms with E-state index >= 15 is 0 Å². The van der Waals surface area contributed by atoms with Gasteiger partial charge in [0.2, 0.25) is 11.7 Å². The molecule has 0 fully saturated rings. The Morgan fingerprint density at radius 3 is 2.53 bits per heavy atom. The van der Waals surface area contributed by atoms with Gasteiger partial charge in [-0.2, -0.15) is 4.98 Å². The molecule has 0 aliphatic heterocycles. The third-order valence-corrected chi connectivity index (χ3v) is 2.50. The van der Waals surface area contributed by atoms with E-state index in [9.17, 15) is 4.79 Å². The van der Waals surface area contributed by atoms with Crippen LogP contribution in [0.4, 0.5) is 0 Å².